The van der Waals surface area contributed by atoms with E-state index >= 15 is 0 Å². The molecule has 0 aliphatic carbocycles. The van der Waals surface area contributed by atoms with Crippen LogP contribution in [-0.2, 0) is 4.79 Å². The second-order valence-electron chi connectivity index (χ2n) is 4.88. The lowest BCUT2D eigenvalue weighted by atomic mass is 10.0. The average Bonchev–Trinajstić information content (AvgIpc) is 2.67. The summed E-state index contributed by atoms with van der Waals surface area (Å²) in [7, 11) is 0. The third-order valence-electron chi connectivity index (χ3n) is 3.78. The van der Waals surface area contributed by atoms with Crippen LogP contribution in [-0.4, -0.2) is 22.9 Å². The zero-order chi connectivity index (χ0) is 11.3. The van der Waals surface area contributed by atoms with E-state index in [0.717, 1.165) is 36.5 Å². The average molecular weight is 236 g/mol. The van der Waals surface area contributed by atoms with Gasteiger partial charge in [-0.05, 0) is 26.7 Å². The van der Waals surface area contributed by atoms with Gasteiger partial charge in [-0.25, -0.2) is 4.98 Å². The minimum Gasteiger partial charge on any atom is -0.341 e. The van der Waals surface area contributed by atoms with Gasteiger partial charge in [-0.2, -0.15) is 0 Å². The third kappa shape index (κ3) is 1.47. The van der Waals surface area contributed by atoms with E-state index < -0.39 is 0 Å². The van der Waals surface area contributed by atoms with E-state index in [9.17, 15) is 4.79 Å². The topological polar surface area (TPSA) is 33.2 Å². The molecule has 2 atom stereocenters. The number of hydrogen-bond donors (Lipinski definition) is 0. The molecule has 0 saturated carbocycles. The summed E-state index contributed by atoms with van der Waals surface area (Å²) in [6.45, 7) is 4.18. The molecule has 0 amide bonds. The molecule has 1 aromatic rings. The number of hydrogen-bond acceptors (Lipinski definition) is 4. The molecule has 86 valence electrons. The number of fused-ring (bicyclic) bond motifs is 2. The predicted octanol–water partition coefficient (Wildman–Crippen LogP) is 2.46. The van der Waals surface area contributed by atoms with Crippen LogP contribution >= 0.6 is 11.3 Å². The fraction of sp³-hybridized carbons (Fsp3) is 0.667. The van der Waals surface area contributed by atoms with Gasteiger partial charge in [-0.3, -0.25) is 4.79 Å². The zero-order valence-corrected chi connectivity index (χ0v) is 10.5. The smallest absolute Gasteiger partial charge is 0.186 e. The summed E-state index contributed by atoms with van der Waals surface area (Å²) in [5.74, 6) is 0.439. The summed E-state index contributed by atoms with van der Waals surface area (Å²) in [5.41, 5.74) is 1.14. The van der Waals surface area contributed by atoms with Crippen molar-refractivity contribution in [1.29, 1.82) is 0 Å². The van der Waals surface area contributed by atoms with Gasteiger partial charge in [0.1, 0.15) is 5.78 Å². The van der Waals surface area contributed by atoms with Crippen molar-refractivity contribution < 1.29 is 4.79 Å². The van der Waals surface area contributed by atoms with Crippen molar-refractivity contribution in [3.8, 4) is 0 Å². The highest BCUT2D eigenvalue weighted by Gasteiger charge is 2.41. The minimum absolute atomic E-state index is 0.427. The molecule has 2 aliphatic heterocycles. The number of piperidine rings is 1. The van der Waals surface area contributed by atoms with Crippen molar-refractivity contribution in [2.24, 2.45) is 0 Å². The van der Waals surface area contributed by atoms with Gasteiger partial charge >= 0.3 is 0 Å². The van der Waals surface area contributed by atoms with Gasteiger partial charge in [-0.15, -0.1) is 11.3 Å². The number of rotatable bonds is 1. The molecule has 2 fully saturated rings. The van der Waals surface area contributed by atoms with Crippen molar-refractivity contribution in [1.82, 2.24) is 4.98 Å². The summed E-state index contributed by atoms with van der Waals surface area (Å²) in [4.78, 5) is 19.9. The van der Waals surface area contributed by atoms with Crippen LogP contribution < -0.4 is 4.90 Å². The van der Waals surface area contributed by atoms with E-state index in [4.69, 9.17) is 0 Å². The second kappa shape index (κ2) is 3.55. The van der Waals surface area contributed by atoms with Gasteiger partial charge in [0, 0.05) is 29.8 Å². The molecular formula is C12H16N2OS. The Morgan fingerprint density at radius 1 is 1.25 bits per heavy atom. The van der Waals surface area contributed by atoms with Crippen LogP contribution in [0.4, 0.5) is 5.13 Å². The van der Waals surface area contributed by atoms with E-state index in [0.29, 0.717) is 17.9 Å². The molecule has 3 rings (SSSR count). The van der Waals surface area contributed by atoms with Crippen molar-refractivity contribution in [2.75, 3.05) is 4.90 Å². The van der Waals surface area contributed by atoms with Crippen molar-refractivity contribution in [3.63, 3.8) is 0 Å². The molecule has 3 heterocycles. The Kier molecular flexibility index (Phi) is 2.28. The lowest BCUT2D eigenvalue weighted by Gasteiger charge is -2.33. The van der Waals surface area contributed by atoms with Crippen LogP contribution in [0.25, 0.3) is 0 Å². The Bertz CT molecular complexity index is 405. The van der Waals surface area contributed by atoms with Gasteiger partial charge in [0.05, 0.1) is 5.69 Å². The molecule has 0 aromatic carbocycles. The quantitative estimate of drug-likeness (QED) is 0.751. The van der Waals surface area contributed by atoms with Crippen LogP contribution in [0.15, 0.2) is 0 Å². The van der Waals surface area contributed by atoms with Crippen LogP contribution in [0.1, 0.15) is 36.3 Å². The lowest BCUT2D eigenvalue weighted by molar-refractivity contribution is -0.120. The van der Waals surface area contributed by atoms with Crippen molar-refractivity contribution >= 4 is 22.3 Å². The lowest BCUT2D eigenvalue weighted by Crippen LogP contribution is -2.43. The fourth-order valence-corrected chi connectivity index (χ4v) is 3.90. The largest absolute Gasteiger partial charge is 0.341 e. The summed E-state index contributed by atoms with van der Waals surface area (Å²) in [6.07, 6.45) is 3.78. The Morgan fingerprint density at radius 3 is 2.38 bits per heavy atom. The Labute approximate surface area is 99.5 Å². The van der Waals surface area contributed by atoms with Crippen LogP contribution in [0.2, 0.25) is 0 Å². The number of anilines is 1. The standard InChI is InChI=1S/C12H16N2OS/c1-7-8(2)16-12(13-7)14-9-3-4-10(14)6-11(15)5-9/h9-10H,3-6H2,1-2H3. The highest BCUT2D eigenvalue weighted by Crippen LogP contribution is 2.40. The maximum absolute atomic E-state index is 11.5. The van der Waals surface area contributed by atoms with E-state index in [1.54, 1.807) is 11.3 Å². The van der Waals surface area contributed by atoms with E-state index in [-0.39, 0.29) is 0 Å². The van der Waals surface area contributed by atoms with Crippen LogP contribution in [0.3, 0.4) is 0 Å². The van der Waals surface area contributed by atoms with E-state index in [1.807, 2.05) is 0 Å². The predicted molar refractivity (Wildman–Crippen MR) is 65.1 cm³/mol. The highest BCUT2D eigenvalue weighted by atomic mass is 32.1. The number of carbonyl (C=O) groups is 1. The number of Topliss-reactive ketones (excluding diaryl/α,β-unsaturated/α-hetero) is 1. The Morgan fingerprint density at radius 2 is 1.88 bits per heavy atom. The van der Waals surface area contributed by atoms with Gasteiger partial charge < -0.3 is 4.90 Å². The maximum atomic E-state index is 11.5. The normalized spacial score (nSPS) is 28.9. The van der Waals surface area contributed by atoms with Crippen LogP contribution in [0.5, 0.6) is 0 Å². The third-order valence-corrected chi connectivity index (χ3v) is 4.87. The fourth-order valence-electron chi connectivity index (χ4n) is 2.85. The zero-order valence-electron chi connectivity index (χ0n) is 9.69. The molecule has 4 heteroatoms. The van der Waals surface area contributed by atoms with Gasteiger partial charge in [-0.1, -0.05) is 0 Å². The molecule has 0 N–H and O–H groups in total. The Balaban J connectivity index is 1.93. The molecule has 2 bridgehead atoms. The Hall–Kier alpha value is -0.900. The molecule has 2 unspecified atom stereocenters. The minimum atomic E-state index is 0.427. The number of thiazole rings is 1. The SMILES string of the molecule is Cc1nc(N2C3CCC2CC(=O)C3)sc1C. The van der Waals surface area contributed by atoms with Crippen molar-refractivity contribution in [2.45, 2.75) is 51.6 Å². The van der Waals surface area contributed by atoms with Gasteiger partial charge in [0.2, 0.25) is 0 Å². The van der Waals surface area contributed by atoms with Gasteiger partial charge in [0.25, 0.3) is 0 Å². The summed E-state index contributed by atoms with van der Waals surface area (Å²) in [6, 6.07) is 0.854. The molecule has 2 aliphatic rings. The maximum Gasteiger partial charge on any atom is 0.186 e. The number of carbonyl (C=O) groups excluding carboxylic acids is 1. The molecular weight excluding hydrogens is 220 g/mol. The number of ketones is 1. The van der Waals surface area contributed by atoms with E-state index in [1.165, 1.54) is 4.88 Å². The monoisotopic (exact) mass is 236 g/mol. The number of aromatic nitrogens is 1. The first-order chi connectivity index (χ1) is 7.65. The second-order valence-corrected chi connectivity index (χ2v) is 6.06. The molecule has 0 radical (unpaired) electrons. The molecule has 3 nitrogen and oxygen atoms in total. The highest BCUT2D eigenvalue weighted by molar-refractivity contribution is 7.15. The molecule has 1 aromatic heterocycles. The molecule has 2 saturated heterocycles. The van der Waals surface area contributed by atoms with Crippen molar-refractivity contribution in [3.05, 3.63) is 10.6 Å². The number of nitrogens with zero attached hydrogens (tertiary/aromatic N) is 2. The summed E-state index contributed by atoms with van der Waals surface area (Å²) in [5, 5.41) is 1.13. The molecule has 0 spiro atoms. The summed E-state index contributed by atoms with van der Waals surface area (Å²) < 4.78 is 0. The first kappa shape index (κ1) is 10.3. The molecule has 16 heavy (non-hydrogen) atoms. The first-order valence-corrected chi connectivity index (χ1v) is 6.71. The van der Waals surface area contributed by atoms with Gasteiger partial charge in [0.15, 0.2) is 5.13 Å². The van der Waals surface area contributed by atoms with Crippen LogP contribution in [0, 0.1) is 13.8 Å². The number of aryl methyl sites for hydroxylation is 2. The van der Waals surface area contributed by atoms with E-state index in [2.05, 4.69) is 23.7 Å². The summed E-state index contributed by atoms with van der Waals surface area (Å²) >= 11 is 1.77. The first-order valence-electron chi connectivity index (χ1n) is 5.89.